The molecule has 0 aliphatic rings. The second-order valence-electron chi connectivity index (χ2n) is 2.10. The van der Waals surface area contributed by atoms with Gasteiger partial charge in [0.1, 0.15) is 5.82 Å². The van der Waals surface area contributed by atoms with Crippen LogP contribution in [0.1, 0.15) is 5.56 Å². The number of phenols is 2. The first kappa shape index (κ1) is 7.81. The van der Waals surface area contributed by atoms with E-state index in [0.717, 1.165) is 12.1 Å². The molecule has 60 valence electrons. The second-order valence-corrected chi connectivity index (χ2v) is 2.10. The van der Waals surface area contributed by atoms with E-state index in [1.807, 2.05) is 0 Å². The number of phenolic OH excluding ortho intramolecular Hbond substituents is 2. The Morgan fingerprint density at radius 2 is 2.00 bits per heavy atom. The number of hydrogen-bond acceptors (Lipinski definition) is 3. The Morgan fingerprint density at radius 3 is 2.45 bits per heavy atom. The van der Waals surface area contributed by atoms with Gasteiger partial charge in [-0.25, -0.2) is 4.39 Å². The monoisotopic (exact) mass is 157 g/mol. The molecule has 0 amide bonds. The largest absolute Gasteiger partial charge is 0.504 e. The molecule has 0 aliphatic carbocycles. The number of aromatic hydroxyl groups is 2. The molecule has 0 radical (unpaired) electrons. The van der Waals surface area contributed by atoms with E-state index < -0.39 is 11.6 Å². The Labute approximate surface area is 62.9 Å². The number of halogens is 1. The van der Waals surface area contributed by atoms with Gasteiger partial charge in [-0.2, -0.15) is 0 Å². The summed E-state index contributed by atoms with van der Waals surface area (Å²) in [6.45, 7) is -0.133. The minimum absolute atomic E-state index is 0.0648. The molecule has 4 heteroatoms. The van der Waals surface area contributed by atoms with Gasteiger partial charge in [0.05, 0.1) is 0 Å². The van der Waals surface area contributed by atoms with Gasteiger partial charge in [0, 0.05) is 12.1 Å². The maximum absolute atomic E-state index is 12.7. The molecule has 0 heterocycles. The Balaban J connectivity index is 3.29. The molecular weight excluding hydrogens is 149 g/mol. The highest BCUT2D eigenvalue weighted by Crippen LogP contribution is 2.29. The molecule has 0 aliphatic heterocycles. The molecule has 0 saturated carbocycles. The van der Waals surface area contributed by atoms with Gasteiger partial charge in [-0.05, 0) is 12.1 Å². The highest BCUT2D eigenvalue weighted by molar-refractivity contribution is 5.44. The first-order valence-corrected chi connectivity index (χ1v) is 3.06. The highest BCUT2D eigenvalue weighted by Gasteiger charge is 2.09. The predicted molar refractivity (Wildman–Crippen MR) is 37.6 cm³/mol. The topological polar surface area (TPSA) is 66.5 Å². The van der Waals surface area contributed by atoms with Crippen LogP contribution in [0.3, 0.4) is 0 Å². The van der Waals surface area contributed by atoms with Crippen LogP contribution in [0.15, 0.2) is 12.1 Å². The summed E-state index contributed by atoms with van der Waals surface area (Å²) in [5.74, 6) is -1.44. The Bertz CT molecular complexity index is 275. The molecule has 11 heavy (non-hydrogen) atoms. The van der Waals surface area contributed by atoms with Crippen molar-refractivity contribution < 1.29 is 14.6 Å². The summed E-state index contributed by atoms with van der Waals surface area (Å²) in [4.78, 5) is 0. The average molecular weight is 157 g/mol. The van der Waals surface area contributed by atoms with E-state index in [2.05, 4.69) is 0 Å². The maximum Gasteiger partial charge on any atom is 0.164 e. The van der Waals surface area contributed by atoms with Gasteiger partial charge < -0.3 is 15.9 Å². The van der Waals surface area contributed by atoms with Crippen molar-refractivity contribution >= 4 is 0 Å². The van der Waals surface area contributed by atoms with Gasteiger partial charge in [-0.15, -0.1) is 0 Å². The lowest BCUT2D eigenvalue weighted by molar-refractivity contribution is 0.394. The summed E-state index contributed by atoms with van der Waals surface area (Å²) in [6.07, 6.45) is 0. The Kier molecular flexibility index (Phi) is 1.96. The zero-order valence-corrected chi connectivity index (χ0v) is 5.71. The molecule has 4 N–H and O–H groups in total. The molecule has 0 bridgehead atoms. The van der Waals surface area contributed by atoms with Crippen molar-refractivity contribution in [2.45, 2.75) is 6.54 Å². The van der Waals surface area contributed by atoms with Crippen LogP contribution in [0, 0.1) is 5.82 Å². The van der Waals surface area contributed by atoms with Crippen LogP contribution in [0.2, 0.25) is 0 Å². The molecule has 0 fully saturated rings. The van der Waals surface area contributed by atoms with Gasteiger partial charge in [0.25, 0.3) is 0 Å². The van der Waals surface area contributed by atoms with E-state index >= 15 is 0 Å². The minimum atomic E-state index is -0.609. The Morgan fingerprint density at radius 1 is 1.36 bits per heavy atom. The van der Waals surface area contributed by atoms with Gasteiger partial charge in [0.2, 0.25) is 0 Å². The van der Waals surface area contributed by atoms with Crippen molar-refractivity contribution in [3.05, 3.63) is 23.5 Å². The third kappa shape index (κ3) is 1.25. The van der Waals surface area contributed by atoms with Crippen LogP contribution in [-0.2, 0) is 6.54 Å². The minimum Gasteiger partial charge on any atom is -0.504 e. The molecule has 0 unspecified atom stereocenters. The third-order valence-corrected chi connectivity index (χ3v) is 1.41. The number of hydrogen-bond donors (Lipinski definition) is 3. The molecule has 0 spiro atoms. The van der Waals surface area contributed by atoms with Crippen molar-refractivity contribution in [1.82, 2.24) is 0 Å². The number of benzene rings is 1. The van der Waals surface area contributed by atoms with Crippen molar-refractivity contribution in [3.8, 4) is 11.5 Å². The predicted octanol–water partition coefficient (Wildman–Crippen LogP) is 0.696. The molecule has 1 rings (SSSR count). The zero-order valence-electron chi connectivity index (χ0n) is 5.71. The van der Waals surface area contributed by atoms with Crippen LogP contribution in [0.25, 0.3) is 0 Å². The maximum atomic E-state index is 12.7. The average Bonchev–Trinajstić information content (AvgIpc) is 1.99. The normalized spacial score (nSPS) is 10.0. The lowest BCUT2D eigenvalue weighted by Gasteiger charge is -2.03. The molecule has 1 aromatic rings. The summed E-state index contributed by atoms with van der Waals surface area (Å²) >= 11 is 0. The Hall–Kier alpha value is -1.29. The standard InChI is InChI=1S/C7H8FNO2/c8-5-1-2-6(10)7(11)4(5)3-9/h1-2,10-11H,3,9H2. The smallest absolute Gasteiger partial charge is 0.164 e. The summed E-state index contributed by atoms with van der Waals surface area (Å²) in [5, 5.41) is 17.9. The fourth-order valence-corrected chi connectivity index (χ4v) is 0.794. The number of rotatable bonds is 1. The molecule has 3 nitrogen and oxygen atoms in total. The zero-order chi connectivity index (χ0) is 8.43. The van der Waals surface area contributed by atoms with Crippen LogP contribution >= 0.6 is 0 Å². The van der Waals surface area contributed by atoms with Gasteiger partial charge in [0.15, 0.2) is 11.5 Å². The first-order valence-electron chi connectivity index (χ1n) is 3.06. The molecule has 0 saturated heterocycles. The van der Waals surface area contributed by atoms with Crippen molar-refractivity contribution in [1.29, 1.82) is 0 Å². The van der Waals surface area contributed by atoms with Crippen molar-refractivity contribution in [2.24, 2.45) is 5.73 Å². The van der Waals surface area contributed by atoms with E-state index in [-0.39, 0.29) is 17.9 Å². The summed E-state index contributed by atoms with van der Waals surface area (Å²) in [6, 6.07) is 2.13. The molecule has 0 atom stereocenters. The second kappa shape index (κ2) is 2.75. The van der Waals surface area contributed by atoms with Crippen LogP contribution in [0.5, 0.6) is 11.5 Å². The van der Waals surface area contributed by atoms with Crippen LogP contribution in [-0.4, -0.2) is 10.2 Å². The fourth-order valence-electron chi connectivity index (χ4n) is 0.794. The van der Waals surface area contributed by atoms with E-state index in [1.54, 1.807) is 0 Å². The van der Waals surface area contributed by atoms with Gasteiger partial charge in [-0.3, -0.25) is 0 Å². The highest BCUT2D eigenvalue weighted by atomic mass is 19.1. The summed E-state index contributed by atoms with van der Waals surface area (Å²) in [5.41, 5.74) is 5.04. The van der Waals surface area contributed by atoms with Crippen molar-refractivity contribution in [2.75, 3.05) is 0 Å². The van der Waals surface area contributed by atoms with E-state index in [1.165, 1.54) is 0 Å². The van der Waals surface area contributed by atoms with Crippen LogP contribution < -0.4 is 5.73 Å². The molecular formula is C7H8FNO2. The van der Waals surface area contributed by atoms with Gasteiger partial charge in [-0.1, -0.05) is 0 Å². The van der Waals surface area contributed by atoms with Gasteiger partial charge >= 0.3 is 0 Å². The quantitative estimate of drug-likeness (QED) is 0.525. The summed E-state index contributed by atoms with van der Waals surface area (Å²) < 4.78 is 12.7. The number of nitrogens with two attached hydrogens (primary N) is 1. The lowest BCUT2D eigenvalue weighted by atomic mass is 10.2. The van der Waals surface area contributed by atoms with Crippen LogP contribution in [0.4, 0.5) is 4.39 Å². The summed E-state index contributed by atoms with van der Waals surface area (Å²) in [7, 11) is 0. The van der Waals surface area contributed by atoms with E-state index in [4.69, 9.17) is 15.9 Å². The fraction of sp³-hybridized carbons (Fsp3) is 0.143. The first-order chi connectivity index (χ1) is 5.16. The third-order valence-electron chi connectivity index (χ3n) is 1.41. The molecule has 1 aromatic carbocycles. The van der Waals surface area contributed by atoms with E-state index in [0.29, 0.717) is 0 Å². The van der Waals surface area contributed by atoms with E-state index in [9.17, 15) is 4.39 Å². The molecule has 0 aromatic heterocycles. The SMILES string of the molecule is NCc1c(F)ccc(O)c1O. The lowest BCUT2D eigenvalue weighted by Crippen LogP contribution is -1.99. The van der Waals surface area contributed by atoms with Crippen molar-refractivity contribution in [3.63, 3.8) is 0 Å².